The van der Waals surface area contributed by atoms with E-state index in [-0.39, 0.29) is 5.56 Å². The van der Waals surface area contributed by atoms with Gasteiger partial charge in [0, 0.05) is 18.8 Å². The van der Waals surface area contributed by atoms with Gasteiger partial charge < -0.3 is 5.32 Å². The van der Waals surface area contributed by atoms with Crippen LogP contribution in [0.1, 0.15) is 30.5 Å². The molecule has 0 aromatic heterocycles. The van der Waals surface area contributed by atoms with Gasteiger partial charge >= 0.3 is 0 Å². The Morgan fingerprint density at radius 1 is 0.971 bits per heavy atom. The minimum atomic E-state index is -4.73. The second-order valence-electron chi connectivity index (χ2n) is 8.15. The molecule has 3 N–H and O–H groups in total. The second kappa shape index (κ2) is 10.7. The molecule has 0 saturated heterocycles. The molecule has 3 rings (SSSR count). The molecule has 0 atom stereocenters. The molecule has 0 unspecified atom stereocenters. The van der Waals surface area contributed by atoms with E-state index in [1.807, 2.05) is 19.1 Å². The molecule has 0 radical (unpaired) electrons. The Labute approximate surface area is 206 Å². The third-order valence-electron chi connectivity index (χ3n) is 5.44. The van der Waals surface area contributed by atoms with Gasteiger partial charge in [0.2, 0.25) is 0 Å². The number of aliphatic imine (C=N–C) groups is 1. The molecular weight excluding hydrogens is 488 g/mol. The Hall–Kier alpha value is -3.05. The molecule has 0 bridgehead atoms. The van der Waals surface area contributed by atoms with Crippen LogP contribution in [0.4, 0.5) is 5.69 Å². The maximum absolute atomic E-state index is 11.8. The monoisotopic (exact) mass is 516 g/mol. The van der Waals surface area contributed by atoms with Crippen molar-refractivity contribution in [3.05, 3.63) is 82.5 Å². The Morgan fingerprint density at radius 2 is 1.71 bits per heavy atom. The van der Waals surface area contributed by atoms with Crippen LogP contribution in [0.15, 0.2) is 80.6 Å². The first-order valence-electron chi connectivity index (χ1n) is 10.9. The maximum atomic E-state index is 11.8. The van der Waals surface area contributed by atoms with Crippen LogP contribution >= 0.6 is 0 Å². The summed E-state index contributed by atoms with van der Waals surface area (Å²) in [7, 11) is -9.36. The lowest BCUT2D eigenvalue weighted by molar-refractivity contribution is 0.481. The van der Waals surface area contributed by atoms with E-state index in [1.165, 1.54) is 23.3 Å². The summed E-state index contributed by atoms with van der Waals surface area (Å²) in [6.45, 7) is 7.49. The summed E-state index contributed by atoms with van der Waals surface area (Å²) in [5.74, 6) is 0. The largest absolute Gasteiger partial charge is 0.385 e. The van der Waals surface area contributed by atoms with Crippen molar-refractivity contribution in [1.29, 1.82) is 0 Å². The number of nitrogens with one attached hydrogen (secondary N) is 1. The first-order valence-corrected chi connectivity index (χ1v) is 13.8. The highest BCUT2D eigenvalue weighted by molar-refractivity contribution is 7.86. The van der Waals surface area contributed by atoms with Crippen molar-refractivity contribution in [3.8, 4) is 0 Å². The van der Waals surface area contributed by atoms with E-state index >= 15 is 0 Å². The SMILES string of the molecule is CCNc1ccc(CCN=C2C=C/C(=C\c3ccc(S(=O)(=O)O)cc3S(=O)(=O)O)C=C2C)cc1C. The lowest BCUT2D eigenvalue weighted by Crippen LogP contribution is -2.06. The van der Waals surface area contributed by atoms with Gasteiger partial charge in [0.05, 0.1) is 10.6 Å². The fraction of sp³-hybridized carbons (Fsp3) is 0.240. The van der Waals surface area contributed by atoms with Crippen LogP contribution in [-0.2, 0) is 26.7 Å². The summed E-state index contributed by atoms with van der Waals surface area (Å²) in [4.78, 5) is 3.43. The first-order chi connectivity index (χ1) is 16.4. The standard InChI is InChI=1S/C25H28N2O6S2/c1-4-26-23-9-5-19(13-17(23)2)11-12-27-24-10-6-20(14-18(24)3)15-21-7-8-22(34(28,29)30)16-25(21)35(31,32)33/h5-10,13-16,26H,4,11-12H2,1-3H3,(H,28,29,30)(H,31,32,33)/b20-15+,27-24?. The molecule has 0 amide bonds. The fourth-order valence-electron chi connectivity index (χ4n) is 3.72. The van der Waals surface area contributed by atoms with E-state index in [0.29, 0.717) is 12.1 Å². The van der Waals surface area contributed by atoms with E-state index in [9.17, 15) is 25.9 Å². The Bertz CT molecular complexity index is 1470. The molecule has 0 spiro atoms. The fourth-order valence-corrected chi connectivity index (χ4v) is 5.00. The number of anilines is 1. The molecule has 2 aromatic carbocycles. The van der Waals surface area contributed by atoms with Crippen LogP contribution in [0.5, 0.6) is 0 Å². The van der Waals surface area contributed by atoms with E-state index in [2.05, 4.69) is 42.4 Å². The van der Waals surface area contributed by atoms with Gasteiger partial charge in [0.25, 0.3) is 20.2 Å². The van der Waals surface area contributed by atoms with Crippen LogP contribution in [0.3, 0.4) is 0 Å². The van der Waals surface area contributed by atoms with Crippen molar-refractivity contribution in [2.45, 2.75) is 37.0 Å². The summed E-state index contributed by atoms with van der Waals surface area (Å²) in [6, 6.07) is 9.32. The van der Waals surface area contributed by atoms with Crippen molar-refractivity contribution in [1.82, 2.24) is 0 Å². The number of hydrogen-bond donors (Lipinski definition) is 3. The highest BCUT2D eigenvalue weighted by atomic mass is 32.2. The molecule has 1 aliphatic rings. The summed E-state index contributed by atoms with van der Waals surface area (Å²) >= 11 is 0. The van der Waals surface area contributed by atoms with Gasteiger partial charge in [-0.25, -0.2) is 0 Å². The zero-order chi connectivity index (χ0) is 25.8. The highest BCUT2D eigenvalue weighted by Crippen LogP contribution is 2.25. The minimum absolute atomic E-state index is 0.0837. The zero-order valence-corrected chi connectivity index (χ0v) is 21.3. The van der Waals surface area contributed by atoms with Crippen LogP contribution in [0.2, 0.25) is 0 Å². The third-order valence-corrected chi connectivity index (χ3v) is 7.20. The van der Waals surface area contributed by atoms with Crippen LogP contribution in [-0.4, -0.2) is 44.7 Å². The Kier molecular flexibility index (Phi) is 8.11. The minimum Gasteiger partial charge on any atom is -0.385 e. The molecule has 1 aliphatic carbocycles. The summed E-state index contributed by atoms with van der Waals surface area (Å²) < 4.78 is 65.0. The van der Waals surface area contributed by atoms with Crippen molar-refractivity contribution in [3.63, 3.8) is 0 Å². The molecule has 2 aromatic rings. The second-order valence-corrected chi connectivity index (χ2v) is 11.0. The predicted octanol–water partition coefficient (Wildman–Crippen LogP) is 4.50. The van der Waals surface area contributed by atoms with Gasteiger partial charge in [0.15, 0.2) is 0 Å². The topological polar surface area (TPSA) is 133 Å². The van der Waals surface area contributed by atoms with Gasteiger partial charge in [-0.05, 0) is 91.5 Å². The van der Waals surface area contributed by atoms with Crippen molar-refractivity contribution in [2.24, 2.45) is 4.99 Å². The first kappa shape index (κ1) is 26.6. The lowest BCUT2D eigenvalue weighted by Gasteiger charge is -2.11. The van der Waals surface area contributed by atoms with Crippen molar-refractivity contribution >= 4 is 37.7 Å². The average molecular weight is 517 g/mol. The number of benzene rings is 2. The number of allylic oxidation sites excluding steroid dienone is 5. The molecule has 0 heterocycles. The van der Waals surface area contributed by atoms with E-state index in [0.717, 1.165) is 42.1 Å². The Balaban J connectivity index is 1.78. The normalized spacial score (nSPS) is 16.5. The number of rotatable bonds is 8. The molecule has 35 heavy (non-hydrogen) atoms. The molecule has 186 valence electrons. The zero-order valence-electron chi connectivity index (χ0n) is 19.7. The van der Waals surface area contributed by atoms with Gasteiger partial charge in [-0.15, -0.1) is 0 Å². The van der Waals surface area contributed by atoms with Gasteiger partial charge in [-0.1, -0.05) is 24.3 Å². The van der Waals surface area contributed by atoms with Crippen LogP contribution in [0, 0.1) is 6.92 Å². The van der Waals surface area contributed by atoms with Gasteiger partial charge in [-0.3, -0.25) is 14.1 Å². The highest BCUT2D eigenvalue weighted by Gasteiger charge is 2.20. The van der Waals surface area contributed by atoms with E-state index in [1.54, 1.807) is 6.08 Å². The summed E-state index contributed by atoms with van der Waals surface area (Å²) in [5.41, 5.74) is 5.91. The number of aryl methyl sites for hydroxylation is 1. The molecule has 10 heteroatoms. The predicted molar refractivity (Wildman–Crippen MR) is 138 cm³/mol. The smallest absolute Gasteiger partial charge is 0.295 e. The molecular formula is C25H28N2O6S2. The van der Waals surface area contributed by atoms with Gasteiger partial charge in [0.1, 0.15) is 4.90 Å². The van der Waals surface area contributed by atoms with Crippen LogP contribution in [0.25, 0.3) is 6.08 Å². The molecule has 8 nitrogen and oxygen atoms in total. The van der Waals surface area contributed by atoms with E-state index in [4.69, 9.17) is 0 Å². The number of nitrogens with zero attached hydrogens (tertiary/aromatic N) is 1. The maximum Gasteiger partial charge on any atom is 0.295 e. The molecule has 0 aliphatic heterocycles. The average Bonchev–Trinajstić information content (AvgIpc) is 2.76. The lowest BCUT2D eigenvalue weighted by atomic mass is 9.99. The molecule has 0 saturated carbocycles. The van der Waals surface area contributed by atoms with Crippen molar-refractivity contribution < 1.29 is 25.9 Å². The van der Waals surface area contributed by atoms with Crippen LogP contribution < -0.4 is 5.32 Å². The van der Waals surface area contributed by atoms with Crippen molar-refractivity contribution in [2.75, 3.05) is 18.4 Å². The van der Waals surface area contributed by atoms with E-state index < -0.39 is 30.0 Å². The number of hydrogen-bond acceptors (Lipinski definition) is 6. The quantitative estimate of drug-likeness (QED) is 0.440. The summed E-state index contributed by atoms with van der Waals surface area (Å²) in [5, 5.41) is 3.32. The molecule has 0 fully saturated rings. The summed E-state index contributed by atoms with van der Waals surface area (Å²) in [6.07, 6.45) is 7.69. The van der Waals surface area contributed by atoms with Gasteiger partial charge in [-0.2, -0.15) is 16.8 Å². The third kappa shape index (κ3) is 6.98. The Morgan fingerprint density at radius 3 is 2.31 bits per heavy atom.